The minimum Gasteiger partial charge on any atom is -0.396 e. The molecule has 5 nitrogen and oxygen atoms in total. The Morgan fingerprint density at radius 2 is 2.32 bits per heavy atom. The maximum atomic E-state index is 12.2. The highest BCUT2D eigenvalue weighted by atomic mass is 32.2. The molecule has 2 N–H and O–H groups in total. The Bertz CT molecular complexity index is 560. The van der Waals surface area contributed by atoms with Crippen molar-refractivity contribution in [3.8, 4) is 0 Å². The number of thioether (sulfide) groups is 1. The molecule has 1 aromatic rings. The van der Waals surface area contributed by atoms with Gasteiger partial charge in [-0.05, 0) is 18.6 Å². The van der Waals surface area contributed by atoms with E-state index in [2.05, 4.69) is 4.98 Å². The van der Waals surface area contributed by atoms with Crippen LogP contribution in [-0.2, 0) is 9.84 Å². The molecule has 7 heteroatoms. The zero-order valence-corrected chi connectivity index (χ0v) is 12.8. The Labute approximate surface area is 118 Å². The lowest BCUT2D eigenvalue weighted by molar-refractivity contribution is 0.579. The molecule has 0 bridgehead atoms. The summed E-state index contributed by atoms with van der Waals surface area (Å²) in [5.74, 6) is 2.20. The van der Waals surface area contributed by atoms with Crippen molar-refractivity contribution in [2.75, 3.05) is 34.4 Å². The smallest absolute Gasteiger partial charge is 0.171 e. The summed E-state index contributed by atoms with van der Waals surface area (Å²) < 4.78 is 24.4. The fraction of sp³-hybridized carbons (Fsp3) is 0.583. The van der Waals surface area contributed by atoms with E-state index in [1.807, 2.05) is 17.9 Å². The lowest BCUT2D eigenvalue weighted by Gasteiger charge is -2.36. The Morgan fingerprint density at radius 3 is 2.95 bits per heavy atom. The number of aryl methyl sites for hydroxylation is 1. The zero-order chi connectivity index (χ0) is 14.0. The summed E-state index contributed by atoms with van der Waals surface area (Å²) in [7, 11) is -3.14. The average Bonchev–Trinajstić information content (AvgIpc) is 2.39. The van der Waals surface area contributed by atoms with Crippen LogP contribution >= 0.6 is 11.8 Å². The van der Waals surface area contributed by atoms with Crippen molar-refractivity contribution in [2.24, 2.45) is 0 Å². The van der Waals surface area contributed by atoms with Crippen molar-refractivity contribution in [3.05, 3.63) is 17.8 Å². The van der Waals surface area contributed by atoms with Crippen LogP contribution in [0.3, 0.4) is 0 Å². The van der Waals surface area contributed by atoms with Gasteiger partial charge in [0.2, 0.25) is 0 Å². The highest BCUT2D eigenvalue weighted by Crippen LogP contribution is 2.29. The van der Waals surface area contributed by atoms with Gasteiger partial charge in [0.1, 0.15) is 5.37 Å². The third-order valence-corrected chi connectivity index (χ3v) is 6.49. The first kappa shape index (κ1) is 14.5. The van der Waals surface area contributed by atoms with Crippen LogP contribution in [0.5, 0.6) is 0 Å². The molecule has 1 saturated heterocycles. The third kappa shape index (κ3) is 2.97. The van der Waals surface area contributed by atoms with Gasteiger partial charge in [-0.25, -0.2) is 13.4 Å². The molecule has 0 saturated carbocycles. The number of sulfone groups is 1. The number of nitrogens with two attached hydrogens (primary N) is 1. The maximum Gasteiger partial charge on any atom is 0.171 e. The van der Waals surface area contributed by atoms with Crippen LogP contribution in [0.15, 0.2) is 12.3 Å². The molecule has 0 spiro atoms. The highest BCUT2D eigenvalue weighted by molar-refractivity contribution is 8.01. The van der Waals surface area contributed by atoms with Gasteiger partial charge in [0.25, 0.3) is 0 Å². The summed E-state index contributed by atoms with van der Waals surface area (Å²) >= 11 is 1.66. The van der Waals surface area contributed by atoms with Crippen LogP contribution in [0.25, 0.3) is 0 Å². The first-order chi connectivity index (χ1) is 8.95. The average molecular weight is 301 g/mol. The first-order valence-corrected chi connectivity index (χ1v) is 9.11. The number of nitrogen functional groups attached to an aromatic ring is 1. The molecule has 1 aliphatic heterocycles. The SMILES string of the molecule is CCS(=O)(=O)C1CSCCN1c1ncc(C)cc1N. The molecule has 1 aliphatic rings. The topological polar surface area (TPSA) is 76.3 Å². The highest BCUT2D eigenvalue weighted by Gasteiger charge is 2.34. The largest absolute Gasteiger partial charge is 0.396 e. The molecule has 2 rings (SSSR count). The lowest BCUT2D eigenvalue weighted by Crippen LogP contribution is -2.48. The van der Waals surface area contributed by atoms with Crippen molar-refractivity contribution < 1.29 is 8.42 Å². The molecule has 1 aromatic heterocycles. The molecule has 106 valence electrons. The summed E-state index contributed by atoms with van der Waals surface area (Å²) in [6.45, 7) is 4.26. The molecule has 2 heterocycles. The van der Waals surface area contributed by atoms with E-state index in [4.69, 9.17) is 5.73 Å². The van der Waals surface area contributed by atoms with Crippen LogP contribution in [0, 0.1) is 6.92 Å². The van der Waals surface area contributed by atoms with Gasteiger partial charge in [0.05, 0.1) is 5.69 Å². The molecule has 0 radical (unpaired) electrons. The minimum absolute atomic E-state index is 0.139. The molecule has 1 unspecified atom stereocenters. The number of aromatic nitrogens is 1. The monoisotopic (exact) mass is 301 g/mol. The molecule has 0 aliphatic carbocycles. The second-order valence-electron chi connectivity index (χ2n) is 4.60. The predicted molar refractivity (Wildman–Crippen MR) is 81.3 cm³/mol. The number of anilines is 2. The molecule has 1 atom stereocenters. The fourth-order valence-corrected chi connectivity index (χ4v) is 5.11. The van der Waals surface area contributed by atoms with Crippen molar-refractivity contribution in [1.82, 2.24) is 4.98 Å². The van der Waals surface area contributed by atoms with Gasteiger partial charge in [-0.15, -0.1) is 0 Å². The van der Waals surface area contributed by atoms with Gasteiger partial charge >= 0.3 is 0 Å². The Kier molecular flexibility index (Phi) is 4.25. The number of pyridine rings is 1. The number of rotatable bonds is 3. The van der Waals surface area contributed by atoms with Crippen LogP contribution in [-0.4, -0.2) is 42.6 Å². The minimum atomic E-state index is -3.14. The molecule has 19 heavy (non-hydrogen) atoms. The fourth-order valence-electron chi connectivity index (χ4n) is 2.14. The van der Waals surface area contributed by atoms with Crippen LogP contribution < -0.4 is 10.6 Å². The van der Waals surface area contributed by atoms with E-state index in [1.165, 1.54) is 0 Å². The second-order valence-corrected chi connectivity index (χ2v) is 8.20. The van der Waals surface area contributed by atoms with Crippen LogP contribution in [0.1, 0.15) is 12.5 Å². The van der Waals surface area contributed by atoms with E-state index < -0.39 is 15.2 Å². The van der Waals surface area contributed by atoms with Gasteiger partial charge in [-0.2, -0.15) is 11.8 Å². The summed E-state index contributed by atoms with van der Waals surface area (Å²) in [5.41, 5.74) is 7.51. The van der Waals surface area contributed by atoms with Crippen molar-refractivity contribution >= 4 is 33.1 Å². The summed E-state index contributed by atoms with van der Waals surface area (Å²) in [6, 6.07) is 1.83. The summed E-state index contributed by atoms with van der Waals surface area (Å²) in [5, 5.41) is -0.520. The van der Waals surface area contributed by atoms with E-state index in [1.54, 1.807) is 24.9 Å². The van der Waals surface area contributed by atoms with Crippen molar-refractivity contribution in [1.29, 1.82) is 0 Å². The van der Waals surface area contributed by atoms with E-state index in [0.717, 1.165) is 11.3 Å². The summed E-state index contributed by atoms with van der Waals surface area (Å²) in [6.07, 6.45) is 1.73. The van der Waals surface area contributed by atoms with Gasteiger partial charge < -0.3 is 10.6 Å². The van der Waals surface area contributed by atoms with E-state index in [-0.39, 0.29) is 5.75 Å². The zero-order valence-electron chi connectivity index (χ0n) is 11.2. The van der Waals surface area contributed by atoms with E-state index in [9.17, 15) is 8.42 Å². The van der Waals surface area contributed by atoms with Gasteiger partial charge in [0, 0.05) is 30.0 Å². The Balaban J connectivity index is 2.40. The summed E-state index contributed by atoms with van der Waals surface area (Å²) in [4.78, 5) is 6.16. The molecule has 0 aromatic carbocycles. The lowest BCUT2D eigenvalue weighted by atomic mass is 10.2. The Morgan fingerprint density at radius 1 is 1.58 bits per heavy atom. The van der Waals surface area contributed by atoms with Crippen molar-refractivity contribution in [3.63, 3.8) is 0 Å². The van der Waals surface area contributed by atoms with Crippen molar-refractivity contribution in [2.45, 2.75) is 19.2 Å². The molecular formula is C12H19N3O2S2. The maximum absolute atomic E-state index is 12.2. The van der Waals surface area contributed by atoms with Crippen LogP contribution in [0.4, 0.5) is 11.5 Å². The predicted octanol–water partition coefficient (Wildman–Crippen LogP) is 1.29. The molecule has 0 amide bonds. The van der Waals surface area contributed by atoms with Gasteiger partial charge in [-0.1, -0.05) is 6.92 Å². The molecular weight excluding hydrogens is 282 g/mol. The first-order valence-electron chi connectivity index (χ1n) is 6.23. The van der Waals surface area contributed by atoms with Crippen LogP contribution in [0.2, 0.25) is 0 Å². The molecule has 1 fully saturated rings. The number of nitrogens with zero attached hydrogens (tertiary/aromatic N) is 2. The second kappa shape index (κ2) is 5.58. The van der Waals surface area contributed by atoms with E-state index >= 15 is 0 Å². The quantitative estimate of drug-likeness (QED) is 0.906. The van der Waals surface area contributed by atoms with Gasteiger partial charge in [-0.3, -0.25) is 0 Å². The Hall–Kier alpha value is -0.950. The third-order valence-electron chi connectivity index (χ3n) is 3.21. The van der Waals surface area contributed by atoms with Gasteiger partial charge in [0.15, 0.2) is 15.7 Å². The normalized spacial score (nSPS) is 20.5. The standard InChI is InChI=1S/C12H19N3O2S2/c1-3-19(16,17)11-8-18-5-4-15(11)12-10(13)6-9(2)7-14-12/h6-7,11H,3-5,8,13H2,1-2H3. The number of hydrogen-bond donors (Lipinski definition) is 1. The number of hydrogen-bond acceptors (Lipinski definition) is 6. The van der Waals surface area contributed by atoms with E-state index in [0.29, 0.717) is 23.8 Å².